The lowest BCUT2D eigenvalue weighted by atomic mass is 10.1. The zero-order valence-corrected chi connectivity index (χ0v) is 15.3. The summed E-state index contributed by atoms with van der Waals surface area (Å²) in [7, 11) is -3.44. The molecule has 1 fully saturated rings. The van der Waals surface area contributed by atoms with Crippen LogP contribution in [0.4, 0.5) is 0 Å². The first-order valence-electron chi connectivity index (χ1n) is 8.64. The van der Waals surface area contributed by atoms with Crippen LogP contribution in [-0.4, -0.2) is 40.8 Å². The van der Waals surface area contributed by atoms with Crippen LogP contribution in [0.1, 0.15) is 18.5 Å². The Morgan fingerprint density at radius 2 is 1.73 bits per heavy atom. The third-order valence-corrected chi connectivity index (χ3v) is 6.60. The Kier molecular flexibility index (Phi) is 4.34. The Labute approximate surface area is 153 Å². The molecule has 0 aliphatic carbocycles. The molecule has 1 aromatic heterocycles. The second kappa shape index (κ2) is 6.66. The molecule has 2 aromatic carbocycles. The molecule has 0 amide bonds. The van der Waals surface area contributed by atoms with Crippen LogP contribution < -0.4 is 0 Å². The first-order valence-corrected chi connectivity index (χ1v) is 10.1. The lowest BCUT2D eigenvalue weighted by Crippen LogP contribution is -2.50. The lowest BCUT2D eigenvalue weighted by Gasteiger charge is -2.37. The van der Waals surface area contributed by atoms with Gasteiger partial charge in [0.05, 0.1) is 17.1 Å². The second-order valence-electron chi connectivity index (χ2n) is 6.42. The summed E-state index contributed by atoms with van der Waals surface area (Å²) in [6.45, 7) is 2.87. The number of rotatable bonds is 5. The van der Waals surface area contributed by atoms with Crippen molar-refractivity contribution in [3.05, 3.63) is 66.4 Å². The maximum atomic E-state index is 12.7. The monoisotopic (exact) mass is 368 g/mol. The molecule has 1 aliphatic heterocycles. The molecule has 1 aliphatic rings. The predicted octanol–water partition coefficient (Wildman–Crippen LogP) is 2.75. The highest BCUT2D eigenvalue weighted by Gasteiger charge is 2.38. The van der Waals surface area contributed by atoms with Gasteiger partial charge in [-0.05, 0) is 24.1 Å². The molecule has 7 heteroatoms. The number of aryl methyl sites for hydroxylation is 1. The molecule has 0 radical (unpaired) electrons. The van der Waals surface area contributed by atoms with Gasteiger partial charge >= 0.3 is 0 Å². The van der Waals surface area contributed by atoms with E-state index in [9.17, 15) is 8.42 Å². The average Bonchev–Trinajstić information content (AvgIpc) is 3.10. The minimum atomic E-state index is -3.44. The number of nitrogens with zero attached hydrogens (tertiary/aromatic N) is 4. The van der Waals surface area contributed by atoms with Gasteiger partial charge in [-0.3, -0.25) is 0 Å². The summed E-state index contributed by atoms with van der Waals surface area (Å²) in [5, 5.41) is 8.37. The Morgan fingerprint density at radius 1 is 1.04 bits per heavy atom. The molecule has 0 saturated carbocycles. The van der Waals surface area contributed by atoms with Gasteiger partial charge in [-0.1, -0.05) is 54.6 Å². The summed E-state index contributed by atoms with van der Waals surface area (Å²) in [6, 6.07) is 16.9. The van der Waals surface area contributed by atoms with E-state index in [1.54, 1.807) is 16.8 Å². The van der Waals surface area contributed by atoms with Crippen molar-refractivity contribution in [3.8, 4) is 11.3 Å². The number of hydrogen-bond acceptors (Lipinski definition) is 4. The molecule has 2 heterocycles. The SMILES string of the molecule is CCc1ccc(S(=O)(=O)N2CC(n3cc(-c4ccccc4)nn3)C2)cc1. The third-order valence-electron chi connectivity index (χ3n) is 4.75. The van der Waals surface area contributed by atoms with Crippen molar-refractivity contribution in [1.29, 1.82) is 0 Å². The van der Waals surface area contributed by atoms with Crippen LogP contribution in [0.2, 0.25) is 0 Å². The van der Waals surface area contributed by atoms with Crippen LogP contribution >= 0.6 is 0 Å². The molecule has 0 spiro atoms. The van der Waals surface area contributed by atoms with E-state index in [2.05, 4.69) is 10.3 Å². The normalized spacial score (nSPS) is 15.7. The van der Waals surface area contributed by atoms with Crippen molar-refractivity contribution < 1.29 is 8.42 Å². The summed E-state index contributed by atoms with van der Waals surface area (Å²) in [4.78, 5) is 0.344. The van der Waals surface area contributed by atoms with Crippen LogP contribution in [-0.2, 0) is 16.4 Å². The van der Waals surface area contributed by atoms with E-state index in [0.29, 0.717) is 18.0 Å². The largest absolute Gasteiger partial charge is 0.246 e. The molecular weight excluding hydrogens is 348 g/mol. The van der Waals surface area contributed by atoms with Crippen LogP contribution in [0.3, 0.4) is 0 Å². The number of hydrogen-bond donors (Lipinski definition) is 0. The summed E-state index contributed by atoms with van der Waals surface area (Å²) < 4.78 is 28.6. The van der Waals surface area contributed by atoms with E-state index in [4.69, 9.17) is 0 Å². The van der Waals surface area contributed by atoms with Crippen molar-refractivity contribution in [2.45, 2.75) is 24.3 Å². The summed E-state index contributed by atoms with van der Waals surface area (Å²) in [5.41, 5.74) is 2.92. The maximum absolute atomic E-state index is 12.7. The minimum absolute atomic E-state index is 0.0182. The Bertz CT molecular complexity index is 992. The van der Waals surface area contributed by atoms with Crippen LogP contribution in [0, 0.1) is 0 Å². The summed E-state index contributed by atoms with van der Waals surface area (Å²) in [5.74, 6) is 0. The van der Waals surface area contributed by atoms with Crippen molar-refractivity contribution in [2.75, 3.05) is 13.1 Å². The lowest BCUT2D eigenvalue weighted by molar-refractivity contribution is 0.189. The van der Waals surface area contributed by atoms with Crippen LogP contribution in [0.25, 0.3) is 11.3 Å². The van der Waals surface area contributed by atoms with E-state index in [-0.39, 0.29) is 6.04 Å². The molecule has 4 rings (SSSR count). The molecule has 0 atom stereocenters. The zero-order chi connectivity index (χ0) is 18.1. The number of aromatic nitrogens is 3. The van der Waals surface area contributed by atoms with E-state index in [1.807, 2.05) is 55.6 Å². The van der Waals surface area contributed by atoms with Gasteiger partial charge in [0.2, 0.25) is 10.0 Å². The van der Waals surface area contributed by atoms with Crippen LogP contribution in [0.5, 0.6) is 0 Å². The van der Waals surface area contributed by atoms with E-state index < -0.39 is 10.0 Å². The summed E-state index contributed by atoms with van der Waals surface area (Å²) in [6.07, 6.45) is 2.77. The number of benzene rings is 2. The Morgan fingerprint density at radius 3 is 2.38 bits per heavy atom. The van der Waals surface area contributed by atoms with Crippen molar-refractivity contribution in [2.24, 2.45) is 0 Å². The topological polar surface area (TPSA) is 68.1 Å². The molecule has 134 valence electrons. The first kappa shape index (κ1) is 16.9. The molecule has 0 bridgehead atoms. The van der Waals surface area contributed by atoms with Crippen molar-refractivity contribution >= 4 is 10.0 Å². The quantitative estimate of drug-likeness (QED) is 0.694. The zero-order valence-electron chi connectivity index (χ0n) is 14.5. The van der Waals surface area contributed by atoms with Gasteiger partial charge in [0.1, 0.15) is 5.69 Å². The smallest absolute Gasteiger partial charge is 0.243 e. The van der Waals surface area contributed by atoms with Gasteiger partial charge in [-0.2, -0.15) is 4.31 Å². The van der Waals surface area contributed by atoms with Crippen molar-refractivity contribution in [3.63, 3.8) is 0 Å². The van der Waals surface area contributed by atoms with E-state index in [0.717, 1.165) is 23.2 Å². The predicted molar refractivity (Wildman–Crippen MR) is 99.1 cm³/mol. The molecule has 0 N–H and O–H groups in total. The molecule has 1 saturated heterocycles. The van der Waals surface area contributed by atoms with Crippen molar-refractivity contribution in [1.82, 2.24) is 19.3 Å². The molecule has 26 heavy (non-hydrogen) atoms. The highest BCUT2D eigenvalue weighted by atomic mass is 32.2. The van der Waals surface area contributed by atoms with Gasteiger partial charge in [0, 0.05) is 18.7 Å². The van der Waals surface area contributed by atoms with E-state index >= 15 is 0 Å². The Hall–Kier alpha value is -2.51. The van der Waals surface area contributed by atoms with Gasteiger partial charge in [0.15, 0.2) is 0 Å². The fraction of sp³-hybridized carbons (Fsp3) is 0.263. The standard InChI is InChI=1S/C19H20N4O2S/c1-2-15-8-10-18(11-9-15)26(24,25)22-12-17(13-22)23-14-19(20-21-23)16-6-4-3-5-7-16/h3-11,14,17H,2,12-13H2,1H3. The fourth-order valence-corrected chi connectivity index (χ4v) is 4.54. The third kappa shape index (κ3) is 3.04. The highest BCUT2D eigenvalue weighted by Crippen LogP contribution is 2.29. The Balaban J connectivity index is 1.46. The maximum Gasteiger partial charge on any atom is 0.243 e. The van der Waals surface area contributed by atoms with E-state index in [1.165, 1.54) is 4.31 Å². The highest BCUT2D eigenvalue weighted by molar-refractivity contribution is 7.89. The van der Waals surface area contributed by atoms with Gasteiger partial charge in [0.25, 0.3) is 0 Å². The molecule has 6 nitrogen and oxygen atoms in total. The molecule has 3 aromatic rings. The van der Waals surface area contributed by atoms with Crippen LogP contribution in [0.15, 0.2) is 65.7 Å². The second-order valence-corrected chi connectivity index (χ2v) is 8.36. The average molecular weight is 368 g/mol. The summed E-state index contributed by atoms with van der Waals surface area (Å²) >= 11 is 0. The first-order chi connectivity index (χ1) is 12.6. The fourth-order valence-electron chi connectivity index (χ4n) is 3.02. The molecular formula is C19H20N4O2S. The van der Waals surface area contributed by atoms with Gasteiger partial charge in [-0.25, -0.2) is 13.1 Å². The van der Waals surface area contributed by atoms with Gasteiger partial charge < -0.3 is 0 Å². The minimum Gasteiger partial charge on any atom is -0.246 e. The molecule has 0 unspecified atom stereocenters. The van der Waals surface area contributed by atoms with Gasteiger partial charge in [-0.15, -0.1) is 5.10 Å². The number of sulfonamides is 1.